The predicted octanol–water partition coefficient (Wildman–Crippen LogP) is 5.50. The third-order valence-corrected chi connectivity index (χ3v) is 5.24. The summed E-state index contributed by atoms with van der Waals surface area (Å²) in [4.78, 5) is 24.9. The molecule has 1 aromatic heterocycles. The summed E-state index contributed by atoms with van der Waals surface area (Å²) in [6.07, 6.45) is 3.59. The van der Waals surface area contributed by atoms with E-state index >= 15 is 0 Å². The van der Waals surface area contributed by atoms with Crippen molar-refractivity contribution in [2.75, 3.05) is 12.4 Å². The molecule has 0 saturated heterocycles. The van der Waals surface area contributed by atoms with E-state index in [0.717, 1.165) is 25.7 Å². The Kier molecular flexibility index (Phi) is 7.33. The molecule has 1 N–H and O–H groups in total. The Balaban J connectivity index is 2.32. The first-order chi connectivity index (χ1) is 12.5. The van der Waals surface area contributed by atoms with Gasteiger partial charge in [-0.3, -0.25) is 4.79 Å². The molecule has 1 atom stereocenters. The highest BCUT2D eigenvalue weighted by molar-refractivity contribution is 7.15. The molecule has 26 heavy (non-hydrogen) atoms. The van der Waals surface area contributed by atoms with Crippen LogP contribution in [0.15, 0.2) is 29.6 Å². The van der Waals surface area contributed by atoms with Gasteiger partial charge in [-0.2, -0.15) is 0 Å². The van der Waals surface area contributed by atoms with Gasteiger partial charge in [0.2, 0.25) is 5.91 Å². The third-order valence-electron chi connectivity index (χ3n) is 4.34. The lowest BCUT2D eigenvalue weighted by Crippen LogP contribution is -2.23. The van der Waals surface area contributed by atoms with E-state index in [4.69, 9.17) is 4.74 Å². The number of carbonyl (C=O) groups excluding carboxylic acids is 2. The highest BCUT2D eigenvalue weighted by Gasteiger charge is 2.24. The number of unbranched alkanes of at least 4 members (excludes halogenated alkanes) is 1. The minimum Gasteiger partial charge on any atom is -0.465 e. The standard InChI is InChI=1S/C20H24FNO3S/c1-4-6-7-13(5-2)18(23)22-19-17(20(24)25-3)16(12-26-19)14-8-10-15(21)11-9-14/h8-13H,4-7H2,1-3H3,(H,22,23). The molecule has 1 amide bonds. The van der Waals surface area contributed by atoms with Gasteiger partial charge in [-0.05, 0) is 30.5 Å². The fourth-order valence-corrected chi connectivity index (χ4v) is 3.74. The monoisotopic (exact) mass is 377 g/mol. The number of esters is 1. The molecule has 1 aromatic carbocycles. The zero-order chi connectivity index (χ0) is 19.1. The molecule has 0 saturated carbocycles. The molecular weight excluding hydrogens is 353 g/mol. The summed E-state index contributed by atoms with van der Waals surface area (Å²) in [6, 6.07) is 5.88. The van der Waals surface area contributed by atoms with Crippen molar-refractivity contribution in [1.29, 1.82) is 0 Å². The first-order valence-corrected chi connectivity index (χ1v) is 9.66. The summed E-state index contributed by atoms with van der Waals surface area (Å²) in [5.74, 6) is -1.04. The highest BCUT2D eigenvalue weighted by atomic mass is 32.1. The number of thiophene rings is 1. The number of halogens is 1. The summed E-state index contributed by atoms with van der Waals surface area (Å²) in [6.45, 7) is 4.08. The van der Waals surface area contributed by atoms with Crippen LogP contribution in [0, 0.1) is 11.7 Å². The van der Waals surface area contributed by atoms with Crippen molar-refractivity contribution in [3.8, 4) is 11.1 Å². The molecule has 0 fully saturated rings. The summed E-state index contributed by atoms with van der Waals surface area (Å²) in [7, 11) is 1.30. The van der Waals surface area contributed by atoms with Crippen molar-refractivity contribution >= 4 is 28.2 Å². The number of hydrogen-bond acceptors (Lipinski definition) is 4. The van der Waals surface area contributed by atoms with Gasteiger partial charge in [-0.25, -0.2) is 9.18 Å². The minimum absolute atomic E-state index is 0.0846. The molecular formula is C20H24FNO3S. The van der Waals surface area contributed by atoms with Crippen molar-refractivity contribution in [3.05, 3.63) is 41.0 Å². The number of hydrogen-bond donors (Lipinski definition) is 1. The Morgan fingerprint density at radius 1 is 1.23 bits per heavy atom. The van der Waals surface area contributed by atoms with Crippen molar-refractivity contribution in [2.24, 2.45) is 5.92 Å². The fourth-order valence-electron chi connectivity index (χ4n) is 2.78. The summed E-state index contributed by atoms with van der Waals surface area (Å²) in [5, 5.41) is 5.14. The van der Waals surface area contributed by atoms with Crippen molar-refractivity contribution in [2.45, 2.75) is 39.5 Å². The van der Waals surface area contributed by atoms with Gasteiger partial charge in [0.1, 0.15) is 16.4 Å². The molecule has 6 heteroatoms. The summed E-state index contributed by atoms with van der Waals surface area (Å²) < 4.78 is 18.1. The Morgan fingerprint density at radius 2 is 1.92 bits per heavy atom. The van der Waals surface area contributed by atoms with Crippen LogP contribution >= 0.6 is 11.3 Å². The maximum atomic E-state index is 13.2. The molecule has 0 radical (unpaired) electrons. The van der Waals surface area contributed by atoms with Crippen molar-refractivity contribution < 1.29 is 18.7 Å². The Bertz CT molecular complexity index is 755. The molecule has 2 rings (SSSR count). The second-order valence-corrected chi connectivity index (χ2v) is 6.97. The summed E-state index contributed by atoms with van der Waals surface area (Å²) in [5.41, 5.74) is 1.63. The van der Waals surface area contributed by atoms with Crippen molar-refractivity contribution in [1.82, 2.24) is 0 Å². The Labute approximate surface area is 157 Å². The van der Waals surface area contributed by atoms with Crippen LogP contribution in [-0.4, -0.2) is 19.0 Å². The van der Waals surface area contributed by atoms with Crippen LogP contribution in [0.1, 0.15) is 49.9 Å². The minimum atomic E-state index is -0.525. The average molecular weight is 377 g/mol. The molecule has 0 aliphatic rings. The second kappa shape index (κ2) is 9.48. The van der Waals surface area contributed by atoms with Crippen LogP contribution in [0.2, 0.25) is 0 Å². The van der Waals surface area contributed by atoms with Gasteiger partial charge in [0.15, 0.2) is 0 Å². The second-order valence-electron chi connectivity index (χ2n) is 6.09. The van der Waals surface area contributed by atoms with E-state index in [1.165, 1.54) is 30.6 Å². The van der Waals surface area contributed by atoms with Crippen LogP contribution in [0.5, 0.6) is 0 Å². The molecule has 0 aliphatic heterocycles. The number of nitrogens with one attached hydrogen (secondary N) is 1. The number of carbonyl (C=O) groups is 2. The molecule has 140 valence electrons. The first kappa shape index (κ1) is 20.1. The van der Waals surface area contributed by atoms with Crippen LogP contribution < -0.4 is 5.32 Å². The number of rotatable bonds is 8. The van der Waals surface area contributed by atoms with Gasteiger partial charge in [-0.1, -0.05) is 38.8 Å². The quantitative estimate of drug-likeness (QED) is 0.618. The zero-order valence-electron chi connectivity index (χ0n) is 15.3. The lowest BCUT2D eigenvalue weighted by atomic mass is 9.98. The lowest BCUT2D eigenvalue weighted by molar-refractivity contribution is -0.120. The lowest BCUT2D eigenvalue weighted by Gasteiger charge is -2.14. The SMILES string of the molecule is CCCCC(CC)C(=O)Nc1scc(-c2ccc(F)cc2)c1C(=O)OC. The first-order valence-electron chi connectivity index (χ1n) is 8.78. The smallest absolute Gasteiger partial charge is 0.341 e. The van der Waals surface area contributed by atoms with Crippen LogP contribution in [0.4, 0.5) is 9.39 Å². The van der Waals surface area contributed by atoms with Gasteiger partial charge >= 0.3 is 5.97 Å². The normalized spacial score (nSPS) is 11.8. The average Bonchev–Trinajstić information content (AvgIpc) is 3.05. The molecule has 1 unspecified atom stereocenters. The van der Waals surface area contributed by atoms with Crippen LogP contribution in [-0.2, 0) is 9.53 Å². The fraction of sp³-hybridized carbons (Fsp3) is 0.400. The van der Waals surface area contributed by atoms with Gasteiger partial charge < -0.3 is 10.1 Å². The van der Waals surface area contributed by atoms with E-state index in [1.807, 2.05) is 6.92 Å². The largest absolute Gasteiger partial charge is 0.465 e. The zero-order valence-corrected chi connectivity index (χ0v) is 16.1. The van der Waals surface area contributed by atoms with E-state index in [-0.39, 0.29) is 17.6 Å². The van der Waals surface area contributed by atoms with Gasteiger partial charge in [-0.15, -0.1) is 11.3 Å². The van der Waals surface area contributed by atoms with Gasteiger partial charge in [0.05, 0.1) is 7.11 Å². The highest BCUT2D eigenvalue weighted by Crippen LogP contribution is 2.36. The molecule has 4 nitrogen and oxygen atoms in total. The number of amides is 1. The van der Waals surface area contributed by atoms with E-state index < -0.39 is 5.97 Å². The molecule has 2 aromatic rings. The number of ether oxygens (including phenoxy) is 1. The molecule has 0 aliphatic carbocycles. The maximum Gasteiger partial charge on any atom is 0.341 e. The van der Waals surface area contributed by atoms with Gasteiger partial charge in [0.25, 0.3) is 0 Å². The maximum absolute atomic E-state index is 13.2. The summed E-state index contributed by atoms with van der Waals surface area (Å²) >= 11 is 1.27. The number of methoxy groups -OCH3 is 1. The van der Waals surface area contributed by atoms with Gasteiger partial charge in [0, 0.05) is 16.9 Å². The van der Waals surface area contributed by atoms with Crippen LogP contribution in [0.25, 0.3) is 11.1 Å². The molecule has 0 spiro atoms. The number of benzene rings is 1. The topological polar surface area (TPSA) is 55.4 Å². The Morgan fingerprint density at radius 3 is 2.50 bits per heavy atom. The van der Waals surface area contributed by atoms with E-state index in [9.17, 15) is 14.0 Å². The van der Waals surface area contributed by atoms with E-state index in [2.05, 4.69) is 12.2 Å². The molecule has 1 heterocycles. The van der Waals surface area contributed by atoms with E-state index in [0.29, 0.717) is 21.7 Å². The Hall–Kier alpha value is -2.21. The van der Waals surface area contributed by atoms with E-state index in [1.54, 1.807) is 17.5 Å². The number of anilines is 1. The molecule has 0 bridgehead atoms. The third kappa shape index (κ3) is 4.69. The predicted molar refractivity (Wildman–Crippen MR) is 103 cm³/mol. The van der Waals surface area contributed by atoms with Crippen LogP contribution in [0.3, 0.4) is 0 Å². The van der Waals surface area contributed by atoms with Crippen molar-refractivity contribution in [3.63, 3.8) is 0 Å².